The number of benzene rings is 1. The van der Waals surface area contributed by atoms with E-state index in [4.69, 9.17) is 9.72 Å². The molecular weight excluding hydrogens is 436 g/mol. The number of hydrogen-bond donors (Lipinski definition) is 1. The zero-order valence-corrected chi connectivity index (χ0v) is 20.8. The molecule has 1 N–H and O–H groups in total. The lowest BCUT2D eigenvalue weighted by molar-refractivity contribution is -0.119. The van der Waals surface area contributed by atoms with Crippen molar-refractivity contribution < 1.29 is 9.53 Å². The fourth-order valence-corrected chi connectivity index (χ4v) is 5.84. The lowest BCUT2D eigenvalue weighted by Crippen LogP contribution is -2.36. The minimum absolute atomic E-state index is 0.121. The van der Waals surface area contributed by atoms with Crippen molar-refractivity contribution in [2.75, 3.05) is 26.0 Å². The number of hydrogen-bond acceptors (Lipinski definition) is 6. The van der Waals surface area contributed by atoms with Crippen molar-refractivity contribution in [3.05, 3.63) is 50.9 Å². The highest BCUT2D eigenvalue weighted by molar-refractivity contribution is 7.18. The van der Waals surface area contributed by atoms with Crippen LogP contribution in [0.5, 0.6) is 5.75 Å². The quantitative estimate of drug-likeness (QED) is 0.561. The van der Waals surface area contributed by atoms with E-state index in [1.165, 1.54) is 4.88 Å². The first-order chi connectivity index (χ1) is 15.8. The molecule has 33 heavy (non-hydrogen) atoms. The van der Waals surface area contributed by atoms with Gasteiger partial charge in [0.25, 0.3) is 5.56 Å². The summed E-state index contributed by atoms with van der Waals surface area (Å²) >= 11 is 1.64. The third-order valence-electron chi connectivity index (χ3n) is 6.10. The lowest BCUT2D eigenvalue weighted by Gasteiger charge is -2.22. The molecule has 2 unspecified atom stereocenters. The van der Waals surface area contributed by atoms with Gasteiger partial charge in [-0.15, -0.1) is 11.3 Å². The van der Waals surface area contributed by atoms with Crippen LogP contribution in [0.4, 0.5) is 5.69 Å². The molecule has 2 heterocycles. The minimum Gasteiger partial charge on any atom is -0.492 e. The van der Waals surface area contributed by atoms with Gasteiger partial charge in [-0.25, -0.2) is 4.98 Å². The van der Waals surface area contributed by atoms with Gasteiger partial charge in [-0.2, -0.15) is 0 Å². The molecule has 1 aromatic carbocycles. The highest BCUT2D eigenvalue weighted by atomic mass is 32.1. The maximum Gasteiger partial charge on any atom is 0.263 e. The number of para-hydroxylation sites is 2. The zero-order chi connectivity index (χ0) is 23.7. The highest BCUT2D eigenvalue weighted by Gasteiger charge is 2.28. The van der Waals surface area contributed by atoms with Gasteiger partial charge in [0, 0.05) is 4.88 Å². The van der Waals surface area contributed by atoms with Crippen molar-refractivity contribution >= 4 is 33.1 Å². The average Bonchev–Trinajstić information content (AvgIpc) is 3.12. The van der Waals surface area contributed by atoms with Crippen molar-refractivity contribution in [1.82, 2.24) is 14.5 Å². The Morgan fingerprint density at radius 1 is 1.36 bits per heavy atom. The maximum atomic E-state index is 13.8. The molecule has 0 aliphatic heterocycles. The predicted molar refractivity (Wildman–Crippen MR) is 133 cm³/mol. The summed E-state index contributed by atoms with van der Waals surface area (Å²) in [6.45, 7) is 6.88. The molecule has 176 valence electrons. The molecule has 4 rings (SSSR count). The second kappa shape index (κ2) is 9.65. The topological polar surface area (TPSA) is 76.5 Å². The van der Waals surface area contributed by atoms with Crippen LogP contribution in [0.3, 0.4) is 0 Å². The van der Waals surface area contributed by atoms with Gasteiger partial charge in [0.15, 0.2) is 0 Å². The molecule has 3 aromatic rings. The van der Waals surface area contributed by atoms with Crippen molar-refractivity contribution in [1.29, 1.82) is 0 Å². The van der Waals surface area contributed by atoms with Gasteiger partial charge in [0.1, 0.15) is 22.4 Å². The Morgan fingerprint density at radius 3 is 2.85 bits per heavy atom. The summed E-state index contributed by atoms with van der Waals surface area (Å²) in [4.78, 5) is 36.0. The summed E-state index contributed by atoms with van der Waals surface area (Å²) in [5.74, 6) is 1.55. The zero-order valence-electron chi connectivity index (χ0n) is 20.0. The molecule has 1 amide bonds. The molecule has 1 aliphatic carbocycles. The van der Waals surface area contributed by atoms with Gasteiger partial charge >= 0.3 is 0 Å². The molecule has 2 aromatic heterocycles. The number of amides is 1. The van der Waals surface area contributed by atoms with E-state index in [2.05, 4.69) is 12.2 Å². The first kappa shape index (κ1) is 23.4. The number of carbonyl (C=O) groups excluding carboxylic acids is 1. The first-order valence-electron chi connectivity index (χ1n) is 11.5. The molecule has 0 spiro atoms. The van der Waals surface area contributed by atoms with Gasteiger partial charge < -0.3 is 15.0 Å². The van der Waals surface area contributed by atoms with Gasteiger partial charge in [0.2, 0.25) is 5.91 Å². The van der Waals surface area contributed by atoms with E-state index in [1.807, 2.05) is 44.1 Å². The molecule has 0 radical (unpaired) electrons. The van der Waals surface area contributed by atoms with Gasteiger partial charge in [0.05, 0.1) is 24.2 Å². The SMILES string of the molecule is CCOc1ccccc1NC(=O)C(C)n1c(CN(C)C)nc2sc3c(c2c1=O)CCC(C)C3. The number of nitrogens with one attached hydrogen (secondary N) is 1. The van der Waals surface area contributed by atoms with Crippen LogP contribution in [-0.4, -0.2) is 41.1 Å². The third kappa shape index (κ3) is 4.68. The molecule has 1 aliphatic rings. The number of aryl methyl sites for hydroxylation is 1. The maximum absolute atomic E-state index is 13.8. The summed E-state index contributed by atoms with van der Waals surface area (Å²) in [5, 5.41) is 3.64. The number of fused-ring (bicyclic) bond motifs is 3. The van der Waals surface area contributed by atoms with Crippen molar-refractivity contribution in [2.45, 2.75) is 52.6 Å². The predicted octanol–water partition coefficient (Wildman–Crippen LogP) is 4.24. The molecule has 0 bridgehead atoms. The largest absolute Gasteiger partial charge is 0.492 e. The van der Waals surface area contributed by atoms with E-state index < -0.39 is 6.04 Å². The van der Waals surface area contributed by atoms with Crippen molar-refractivity contribution in [3.63, 3.8) is 0 Å². The smallest absolute Gasteiger partial charge is 0.263 e. The van der Waals surface area contributed by atoms with Gasteiger partial charge in [-0.3, -0.25) is 14.2 Å². The van der Waals surface area contributed by atoms with E-state index in [0.29, 0.717) is 41.7 Å². The Kier molecular flexibility index (Phi) is 6.86. The summed E-state index contributed by atoms with van der Waals surface area (Å²) in [5.41, 5.74) is 1.60. The monoisotopic (exact) mass is 468 g/mol. The number of rotatable bonds is 7. The Balaban J connectivity index is 1.77. The van der Waals surface area contributed by atoms with E-state index in [1.54, 1.807) is 28.9 Å². The summed E-state index contributed by atoms with van der Waals surface area (Å²) in [6.07, 6.45) is 2.95. The third-order valence-corrected chi connectivity index (χ3v) is 7.25. The molecule has 0 saturated carbocycles. The number of anilines is 1. The van der Waals surface area contributed by atoms with E-state index >= 15 is 0 Å². The Hall–Kier alpha value is -2.71. The first-order valence-corrected chi connectivity index (χ1v) is 12.3. The molecule has 8 heteroatoms. The summed E-state index contributed by atoms with van der Waals surface area (Å²) < 4.78 is 7.22. The van der Waals surface area contributed by atoms with Crippen LogP contribution in [0.1, 0.15) is 49.5 Å². The van der Waals surface area contributed by atoms with Gasteiger partial charge in [-0.1, -0.05) is 19.1 Å². The van der Waals surface area contributed by atoms with Crippen molar-refractivity contribution in [3.8, 4) is 5.75 Å². The number of aromatic nitrogens is 2. The van der Waals surface area contributed by atoms with Crippen LogP contribution in [0.25, 0.3) is 10.2 Å². The molecule has 2 atom stereocenters. The Morgan fingerprint density at radius 2 is 2.12 bits per heavy atom. The number of nitrogens with zero attached hydrogens (tertiary/aromatic N) is 3. The number of carbonyl (C=O) groups is 1. The Labute approximate surface area is 198 Å². The minimum atomic E-state index is -0.725. The number of thiophene rings is 1. The van der Waals surface area contributed by atoms with Crippen LogP contribution < -0.4 is 15.6 Å². The Bertz CT molecular complexity index is 1230. The van der Waals surface area contributed by atoms with Crippen LogP contribution in [0.15, 0.2) is 29.1 Å². The van der Waals surface area contributed by atoms with Crippen LogP contribution in [-0.2, 0) is 24.2 Å². The normalized spacial score (nSPS) is 16.6. The lowest BCUT2D eigenvalue weighted by atomic mass is 9.89. The van der Waals surface area contributed by atoms with E-state index in [9.17, 15) is 9.59 Å². The summed E-state index contributed by atoms with van der Waals surface area (Å²) in [7, 11) is 3.87. The van der Waals surface area contributed by atoms with Gasteiger partial charge in [-0.05, 0) is 70.8 Å². The summed E-state index contributed by atoms with van der Waals surface area (Å²) in [6, 6.07) is 6.61. The average molecular weight is 469 g/mol. The fraction of sp³-hybridized carbons (Fsp3) is 0.480. The van der Waals surface area contributed by atoms with E-state index in [0.717, 1.165) is 29.7 Å². The highest BCUT2D eigenvalue weighted by Crippen LogP contribution is 2.36. The standard InChI is InChI=1S/C25H32N4O3S/c1-6-32-19-10-8-7-9-18(19)26-23(30)16(3)29-21(14-28(4)5)27-24-22(25(29)31)17-12-11-15(2)13-20(17)33-24/h7-10,15-16H,6,11-14H2,1-5H3,(H,26,30). The molecule has 7 nitrogen and oxygen atoms in total. The molecule has 0 fully saturated rings. The molecular formula is C25H32N4O3S. The molecule has 0 saturated heterocycles. The van der Waals surface area contributed by atoms with Crippen LogP contribution in [0, 0.1) is 5.92 Å². The fourth-order valence-electron chi connectivity index (χ4n) is 4.44. The van der Waals surface area contributed by atoms with Crippen LogP contribution in [0.2, 0.25) is 0 Å². The van der Waals surface area contributed by atoms with E-state index in [-0.39, 0.29) is 11.5 Å². The van der Waals surface area contributed by atoms with Crippen molar-refractivity contribution in [2.24, 2.45) is 5.92 Å². The van der Waals surface area contributed by atoms with Crippen LogP contribution >= 0.6 is 11.3 Å². The second-order valence-corrected chi connectivity index (χ2v) is 10.2. The number of ether oxygens (including phenoxy) is 1. The second-order valence-electron chi connectivity index (χ2n) is 9.07.